The number of halogens is 1. The summed E-state index contributed by atoms with van der Waals surface area (Å²) >= 11 is 6.20. The standard InChI is InChI=1S/C25H44ClN5O/c1-4-5-6-7-8-9-10-11-12-13-14-15-16-17-18-19-22(32)27-21(3)24-28-29-25-23(26)20(2)30-31(24)25/h21,30H,4-19H2,1-3H3,(H,27,32). The van der Waals surface area contributed by atoms with Gasteiger partial charge in [-0.15, -0.1) is 10.2 Å². The van der Waals surface area contributed by atoms with Gasteiger partial charge in [0.2, 0.25) is 5.91 Å². The third kappa shape index (κ3) is 9.13. The lowest BCUT2D eigenvalue weighted by Crippen LogP contribution is -2.27. The van der Waals surface area contributed by atoms with Gasteiger partial charge in [0.15, 0.2) is 11.5 Å². The molecule has 0 bridgehead atoms. The summed E-state index contributed by atoms with van der Waals surface area (Å²) in [6.45, 7) is 6.09. The number of fused-ring (bicyclic) bond motifs is 1. The van der Waals surface area contributed by atoms with Gasteiger partial charge in [0.25, 0.3) is 0 Å². The summed E-state index contributed by atoms with van der Waals surface area (Å²) in [6, 6.07) is -0.219. The Morgan fingerprint density at radius 1 is 0.906 bits per heavy atom. The maximum atomic E-state index is 12.3. The van der Waals surface area contributed by atoms with Crippen molar-refractivity contribution >= 4 is 23.2 Å². The number of H-pyrrole nitrogens is 1. The number of amides is 1. The van der Waals surface area contributed by atoms with E-state index >= 15 is 0 Å². The number of hydrogen-bond donors (Lipinski definition) is 2. The molecule has 0 fully saturated rings. The minimum atomic E-state index is -0.219. The van der Waals surface area contributed by atoms with Crippen molar-refractivity contribution < 1.29 is 4.79 Å². The van der Waals surface area contributed by atoms with Gasteiger partial charge in [-0.1, -0.05) is 108 Å². The zero-order chi connectivity index (χ0) is 23.2. The van der Waals surface area contributed by atoms with E-state index in [1.165, 1.54) is 83.5 Å². The van der Waals surface area contributed by atoms with Gasteiger partial charge in [-0.25, -0.2) is 4.52 Å². The van der Waals surface area contributed by atoms with Gasteiger partial charge in [-0.2, -0.15) is 0 Å². The molecule has 2 aromatic rings. The van der Waals surface area contributed by atoms with Crippen molar-refractivity contribution in [2.45, 2.75) is 130 Å². The lowest BCUT2D eigenvalue weighted by Gasteiger charge is -2.11. The monoisotopic (exact) mass is 465 g/mol. The van der Waals surface area contributed by atoms with Crippen LogP contribution in [0, 0.1) is 6.92 Å². The molecule has 6 nitrogen and oxygen atoms in total. The molecule has 2 rings (SSSR count). The number of nitrogens with zero attached hydrogens (tertiary/aromatic N) is 3. The van der Waals surface area contributed by atoms with Crippen LogP contribution in [0.2, 0.25) is 5.02 Å². The quantitative estimate of drug-likeness (QED) is 0.224. The lowest BCUT2D eigenvalue weighted by atomic mass is 10.0. The van der Waals surface area contributed by atoms with Gasteiger partial charge < -0.3 is 5.32 Å². The van der Waals surface area contributed by atoms with E-state index in [9.17, 15) is 4.79 Å². The number of carbonyl (C=O) groups is 1. The van der Waals surface area contributed by atoms with E-state index in [-0.39, 0.29) is 11.9 Å². The first-order chi connectivity index (χ1) is 15.5. The smallest absolute Gasteiger partial charge is 0.220 e. The second-order valence-corrected chi connectivity index (χ2v) is 9.63. The summed E-state index contributed by atoms with van der Waals surface area (Å²) < 4.78 is 1.75. The minimum absolute atomic E-state index is 0.0679. The molecule has 0 saturated heterocycles. The fraction of sp³-hybridized carbons (Fsp3) is 0.800. The molecule has 2 heterocycles. The molecule has 1 unspecified atom stereocenters. The molecule has 2 aromatic heterocycles. The summed E-state index contributed by atoms with van der Waals surface area (Å²) in [4.78, 5) is 12.3. The van der Waals surface area contributed by atoms with Crippen molar-refractivity contribution in [2.75, 3.05) is 0 Å². The zero-order valence-electron chi connectivity index (χ0n) is 20.5. The lowest BCUT2D eigenvalue weighted by molar-refractivity contribution is -0.121. The molecule has 0 aliphatic rings. The van der Waals surface area contributed by atoms with Crippen LogP contribution in [0.3, 0.4) is 0 Å². The van der Waals surface area contributed by atoms with Crippen LogP contribution in [0.15, 0.2) is 0 Å². The third-order valence-electron chi connectivity index (χ3n) is 6.27. The van der Waals surface area contributed by atoms with Crippen LogP contribution in [-0.4, -0.2) is 25.7 Å². The van der Waals surface area contributed by atoms with E-state index in [4.69, 9.17) is 11.6 Å². The predicted octanol–water partition coefficient (Wildman–Crippen LogP) is 7.46. The average Bonchev–Trinajstić information content (AvgIpc) is 3.30. The first-order valence-corrected chi connectivity index (χ1v) is 13.3. The van der Waals surface area contributed by atoms with Crippen molar-refractivity contribution in [3.8, 4) is 0 Å². The number of hydrogen-bond acceptors (Lipinski definition) is 3. The zero-order valence-corrected chi connectivity index (χ0v) is 21.3. The van der Waals surface area contributed by atoms with Gasteiger partial charge in [0.05, 0.1) is 11.7 Å². The number of nitrogens with one attached hydrogen (secondary N) is 2. The molecular weight excluding hydrogens is 422 g/mol. The van der Waals surface area contributed by atoms with Crippen LogP contribution < -0.4 is 5.32 Å². The van der Waals surface area contributed by atoms with Crippen LogP contribution in [0.25, 0.3) is 5.65 Å². The largest absolute Gasteiger partial charge is 0.346 e. The van der Waals surface area contributed by atoms with Crippen molar-refractivity contribution in [3.63, 3.8) is 0 Å². The van der Waals surface area contributed by atoms with Gasteiger partial charge in [-0.05, 0) is 20.3 Å². The highest BCUT2D eigenvalue weighted by atomic mass is 35.5. The molecule has 0 aliphatic carbocycles. The van der Waals surface area contributed by atoms with E-state index in [0.29, 0.717) is 22.9 Å². The topological polar surface area (TPSA) is 75.1 Å². The molecule has 32 heavy (non-hydrogen) atoms. The van der Waals surface area contributed by atoms with Gasteiger partial charge in [0.1, 0.15) is 5.02 Å². The van der Waals surface area contributed by atoms with E-state index in [1.54, 1.807) is 4.52 Å². The highest BCUT2D eigenvalue weighted by Gasteiger charge is 2.19. The first kappa shape index (κ1) is 26.7. The Balaban J connectivity index is 1.44. The number of aryl methyl sites for hydroxylation is 1. The molecule has 0 radical (unpaired) electrons. The van der Waals surface area contributed by atoms with Crippen molar-refractivity contribution in [3.05, 3.63) is 16.5 Å². The fourth-order valence-electron chi connectivity index (χ4n) is 4.25. The van der Waals surface area contributed by atoms with E-state index in [1.807, 2.05) is 13.8 Å². The number of aromatic amines is 1. The molecule has 7 heteroatoms. The minimum Gasteiger partial charge on any atom is -0.346 e. The van der Waals surface area contributed by atoms with Crippen LogP contribution in [0.4, 0.5) is 0 Å². The molecule has 182 valence electrons. The molecule has 0 aliphatic heterocycles. The highest BCUT2D eigenvalue weighted by molar-refractivity contribution is 6.34. The Morgan fingerprint density at radius 3 is 1.94 bits per heavy atom. The number of rotatable bonds is 18. The van der Waals surface area contributed by atoms with Crippen molar-refractivity contribution in [1.29, 1.82) is 0 Å². The Labute approximate surface area is 199 Å². The van der Waals surface area contributed by atoms with Gasteiger partial charge in [0, 0.05) is 6.42 Å². The van der Waals surface area contributed by atoms with Crippen LogP contribution in [0.5, 0.6) is 0 Å². The SMILES string of the molecule is CCCCCCCCCCCCCCCCCC(=O)NC(C)c1nnc2c(Cl)c(C)[nH]n12. The Hall–Kier alpha value is -1.56. The normalized spacial score (nSPS) is 12.5. The van der Waals surface area contributed by atoms with Crippen molar-refractivity contribution in [2.24, 2.45) is 0 Å². The van der Waals surface area contributed by atoms with Crippen LogP contribution >= 0.6 is 11.6 Å². The predicted molar refractivity (Wildman–Crippen MR) is 133 cm³/mol. The Morgan fingerprint density at radius 2 is 1.41 bits per heavy atom. The molecular formula is C25H44ClN5O. The summed E-state index contributed by atoms with van der Waals surface area (Å²) in [5.41, 5.74) is 1.44. The summed E-state index contributed by atoms with van der Waals surface area (Å²) in [5.74, 6) is 0.734. The van der Waals surface area contributed by atoms with E-state index in [0.717, 1.165) is 18.5 Å². The highest BCUT2D eigenvalue weighted by Crippen LogP contribution is 2.22. The fourth-order valence-corrected chi connectivity index (χ4v) is 4.41. The molecule has 1 atom stereocenters. The van der Waals surface area contributed by atoms with E-state index in [2.05, 4.69) is 27.5 Å². The summed E-state index contributed by atoms with van der Waals surface area (Å²) in [6.07, 6.45) is 20.5. The maximum Gasteiger partial charge on any atom is 0.220 e. The average molecular weight is 466 g/mol. The molecule has 0 aromatic carbocycles. The molecule has 1 amide bonds. The van der Waals surface area contributed by atoms with Crippen LogP contribution in [0.1, 0.15) is 134 Å². The Bertz CT molecular complexity index is 785. The Kier molecular flexibility index (Phi) is 12.8. The molecule has 2 N–H and O–H groups in total. The third-order valence-corrected chi connectivity index (χ3v) is 6.72. The maximum absolute atomic E-state index is 12.3. The number of aromatic nitrogens is 4. The molecule has 0 spiro atoms. The second kappa shape index (κ2) is 15.3. The van der Waals surface area contributed by atoms with E-state index < -0.39 is 0 Å². The van der Waals surface area contributed by atoms with Gasteiger partial charge >= 0.3 is 0 Å². The van der Waals surface area contributed by atoms with Gasteiger partial charge in [-0.3, -0.25) is 9.89 Å². The molecule has 0 saturated carbocycles. The summed E-state index contributed by atoms with van der Waals surface area (Å²) in [7, 11) is 0. The van der Waals surface area contributed by atoms with Crippen LogP contribution in [-0.2, 0) is 4.79 Å². The second-order valence-electron chi connectivity index (χ2n) is 9.26. The first-order valence-electron chi connectivity index (χ1n) is 12.9. The summed E-state index contributed by atoms with van der Waals surface area (Å²) in [5, 5.41) is 15.0. The number of unbranched alkanes of at least 4 members (excludes halogenated alkanes) is 14. The van der Waals surface area contributed by atoms with Crippen molar-refractivity contribution in [1.82, 2.24) is 25.1 Å². The number of carbonyl (C=O) groups excluding carboxylic acids is 1.